The average molecular weight is 227 g/mol. The van der Waals surface area contributed by atoms with Crippen LogP contribution in [0.15, 0.2) is 6.20 Å². The largest absolute Gasteiger partial charge is 0.393 e. The molecule has 1 heterocycles. The van der Waals surface area contributed by atoms with Gasteiger partial charge in [0.05, 0.1) is 24.0 Å². The average Bonchev–Trinajstić information content (AvgIpc) is 2.66. The summed E-state index contributed by atoms with van der Waals surface area (Å²) in [5.41, 5.74) is 0.405. The van der Waals surface area contributed by atoms with E-state index in [2.05, 4.69) is 8.75 Å². The van der Waals surface area contributed by atoms with Crippen LogP contribution in [0.2, 0.25) is 0 Å². The molecule has 0 saturated heterocycles. The summed E-state index contributed by atoms with van der Waals surface area (Å²) in [6.45, 7) is 0.688. The van der Waals surface area contributed by atoms with Crippen molar-refractivity contribution in [2.24, 2.45) is 5.92 Å². The second-order valence-corrected chi connectivity index (χ2v) is 4.53. The third kappa shape index (κ3) is 2.32. The van der Waals surface area contributed by atoms with Gasteiger partial charge in [0.15, 0.2) is 5.69 Å². The van der Waals surface area contributed by atoms with E-state index >= 15 is 0 Å². The van der Waals surface area contributed by atoms with Crippen molar-refractivity contribution in [3.8, 4) is 0 Å². The molecule has 6 heteroatoms. The highest BCUT2D eigenvalue weighted by Gasteiger charge is 2.29. The van der Waals surface area contributed by atoms with Crippen molar-refractivity contribution in [3.05, 3.63) is 11.9 Å². The smallest absolute Gasteiger partial charge is 0.274 e. The van der Waals surface area contributed by atoms with E-state index in [0.717, 1.165) is 24.6 Å². The number of aliphatic hydroxyl groups is 1. The number of carbonyl (C=O) groups excluding carboxylic acids is 1. The molecular formula is C9H13N3O2S. The minimum absolute atomic E-state index is 0.0925. The quantitative estimate of drug-likeness (QED) is 0.810. The zero-order valence-corrected chi connectivity index (χ0v) is 9.28. The third-order valence-electron chi connectivity index (χ3n) is 2.67. The SMILES string of the molecule is CN(CC1CC(O)C1)C(=O)c1cnsn1. The van der Waals surface area contributed by atoms with E-state index in [-0.39, 0.29) is 12.0 Å². The molecule has 1 amide bonds. The standard InChI is InChI=1S/C9H13N3O2S/c1-12(5-6-2-7(13)3-6)9(14)8-4-10-15-11-8/h4,6-7,13H,2-3,5H2,1H3. The van der Waals surface area contributed by atoms with Crippen LogP contribution in [0.25, 0.3) is 0 Å². The Labute approximate surface area is 92.1 Å². The molecule has 1 aromatic rings. The van der Waals surface area contributed by atoms with E-state index in [1.54, 1.807) is 11.9 Å². The van der Waals surface area contributed by atoms with Gasteiger partial charge in [-0.1, -0.05) is 0 Å². The summed E-state index contributed by atoms with van der Waals surface area (Å²) in [6, 6.07) is 0. The minimum atomic E-state index is -0.167. The van der Waals surface area contributed by atoms with Crippen molar-refractivity contribution in [3.63, 3.8) is 0 Å². The number of nitrogens with zero attached hydrogens (tertiary/aromatic N) is 3. The van der Waals surface area contributed by atoms with Gasteiger partial charge in [0, 0.05) is 13.6 Å². The Morgan fingerprint density at radius 1 is 1.73 bits per heavy atom. The maximum atomic E-state index is 11.7. The number of aromatic nitrogens is 2. The summed E-state index contributed by atoms with van der Waals surface area (Å²) in [7, 11) is 1.76. The van der Waals surface area contributed by atoms with Crippen LogP contribution in [0.1, 0.15) is 23.3 Å². The Bertz CT molecular complexity index is 335. The number of aliphatic hydroxyl groups excluding tert-OH is 1. The maximum Gasteiger partial charge on any atom is 0.274 e. The molecular weight excluding hydrogens is 214 g/mol. The molecule has 1 aliphatic carbocycles. The van der Waals surface area contributed by atoms with Crippen LogP contribution < -0.4 is 0 Å². The Morgan fingerprint density at radius 3 is 3.00 bits per heavy atom. The highest BCUT2D eigenvalue weighted by molar-refractivity contribution is 6.99. The summed E-state index contributed by atoms with van der Waals surface area (Å²) >= 11 is 1.04. The first-order valence-corrected chi connectivity index (χ1v) is 5.61. The van der Waals surface area contributed by atoms with Crippen LogP contribution in [0.5, 0.6) is 0 Å². The Balaban J connectivity index is 1.86. The molecule has 15 heavy (non-hydrogen) atoms. The van der Waals surface area contributed by atoms with Gasteiger partial charge in [0.2, 0.25) is 0 Å². The first-order chi connectivity index (χ1) is 7.16. The molecule has 0 spiro atoms. The van der Waals surface area contributed by atoms with Crippen LogP contribution in [0.4, 0.5) is 0 Å². The lowest BCUT2D eigenvalue weighted by Gasteiger charge is -2.34. The predicted molar refractivity (Wildman–Crippen MR) is 55.6 cm³/mol. The van der Waals surface area contributed by atoms with Crippen molar-refractivity contribution < 1.29 is 9.90 Å². The van der Waals surface area contributed by atoms with Crippen molar-refractivity contribution in [1.29, 1.82) is 0 Å². The number of rotatable bonds is 3. The molecule has 1 aliphatic rings. The molecule has 82 valence electrons. The van der Waals surface area contributed by atoms with E-state index in [0.29, 0.717) is 18.2 Å². The number of hydrogen-bond donors (Lipinski definition) is 1. The molecule has 1 N–H and O–H groups in total. The van der Waals surface area contributed by atoms with E-state index in [4.69, 9.17) is 5.11 Å². The summed E-state index contributed by atoms with van der Waals surface area (Å²) < 4.78 is 7.69. The Hall–Kier alpha value is -1.01. The summed E-state index contributed by atoms with van der Waals surface area (Å²) in [6.07, 6.45) is 2.92. The lowest BCUT2D eigenvalue weighted by atomic mass is 9.82. The third-order valence-corrected chi connectivity index (χ3v) is 3.15. The van der Waals surface area contributed by atoms with E-state index in [9.17, 15) is 4.79 Å². The van der Waals surface area contributed by atoms with Crippen LogP contribution in [0, 0.1) is 5.92 Å². The van der Waals surface area contributed by atoms with Gasteiger partial charge in [-0.15, -0.1) is 0 Å². The molecule has 0 bridgehead atoms. The number of carbonyl (C=O) groups is 1. The normalized spacial score (nSPS) is 24.7. The second kappa shape index (κ2) is 4.24. The minimum Gasteiger partial charge on any atom is -0.393 e. The zero-order chi connectivity index (χ0) is 10.8. The number of amides is 1. The topological polar surface area (TPSA) is 66.3 Å². The molecule has 1 saturated carbocycles. The molecule has 2 rings (SSSR count). The van der Waals surface area contributed by atoms with Crippen LogP contribution in [-0.4, -0.2) is 44.4 Å². The molecule has 1 fully saturated rings. The van der Waals surface area contributed by atoms with Gasteiger partial charge >= 0.3 is 0 Å². The fourth-order valence-electron chi connectivity index (χ4n) is 1.77. The van der Waals surface area contributed by atoms with Gasteiger partial charge in [0.25, 0.3) is 5.91 Å². The van der Waals surface area contributed by atoms with Crippen LogP contribution in [-0.2, 0) is 0 Å². The summed E-state index contributed by atoms with van der Waals surface area (Å²) in [5.74, 6) is 0.339. The maximum absolute atomic E-state index is 11.7. The van der Waals surface area contributed by atoms with Gasteiger partial charge in [0.1, 0.15) is 0 Å². The molecule has 0 aromatic carbocycles. The van der Waals surface area contributed by atoms with E-state index < -0.39 is 0 Å². The lowest BCUT2D eigenvalue weighted by Crippen LogP contribution is -2.39. The zero-order valence-electron chi connectivity index (χ0n) is 8.46. The molecule has 0 unspecified atom stereocenters. The summed E-state index contributed by atoms with van der Waals surface area (Å²) in [4.78, 5) is 13.4. The van der Waals surface area contributed by atoms with Gasteiger partial charge < -0.3 is 10.0 Å². The van der Waals surface area contributed by atoms with Gasteiger partial charge in [-0.05, 0) is 18.8 Å². The molecule has 0 atom stereocenters. The van der Waals surface area contributed by atoms with Crippen molar-refractivity contribution in [2.75, 3.05) is 13.6 Å². The van der Waals surface area contributed by atoms with Gasteiger partial charge in [-0.2, -0.15) is 8.75 Å². The van der Waals surface area contributed by atoms with Gasteiger partial charge in [-0.3, -0.25) is 4.79 Å². The highest BCUT2D eigenvalue weighted by atomic mass is 32.1. The van der Waals surface area contributed by atoms with E-state index in [1.165, 1.54) is 6.20 Å². The first kappa shape index (κ1) is 10.5. The lowest BCUT2D eigenvalue weighted by molar-refractivity contribution is 0.0264. The summed E-state index contributed by atoms with van der Waals surface area (Å²) in [5, 5.41) is 9.13. The Kier molecular flexibility index (Phi) is 2.97. The monoisotopic (exact) mass is 227 g/mol. The molecule has 0 aliphatic heterocycles. The van der Waals surface area contributed by atoms with Gasteiger partial charge in [-0.25, -0.2) is 0 Å². The van der Waals surface area contributed by atoms with Crippen LogP contribution in [0.3, 0.4) is 0 Å². The fourth-order valence-corrected chi connectivity index (χ4v) is 2.18. The van der Waals surface area contributed by atoms with E-state index in [1.807, 2.05) is 0 Å². The second-order valence-electron chi connectivity index (χ2n) is 3.97. The molecule has 0 radical (unpaired) electrons. The molecule has 1 aromatic heterocycles. The van der Waals surface area contributed by atoms with Crippen molar-refractivity contribution in [1.82, 2.24) is 13.6 Å². The Morgan fingerprint density at radius 2 is 2.47 bits per heavy atom. The first-order valence-electron chi connectivity index (χ1n) is 4.88. The predicted octanol–water partition coefficient (Wildman–Crippen LogP) is 0.381. The fraction of sp³-hybridized carbons (Fsp3) is 0.667. The van der Waals surface area contributed by atoms with Crippen molar-refractivity contribution >= 4 is 17.6 Å². The van der Waals surface area contributed by atoms with Crippen LogP contribution >= 0.6 is 11.7 Å². The highest BCUT2D eigenvalue weighted by Crippen LogP contribution is 2.27. The van der Waals surface area contributed by atoms with Crippen molar-refractivity contribution in [2.45, 2.75) is 18.9 Å². The number of hydrogen-bond acceptors (Lipinski definition) is 5. The molecule has 5 nitrogen and oxygen atoms in total.